The summed E-state index contributed by atoms with van der Waals surface area (Å²) < 4.78 is 2.18. The normalized spacial score (nSPS) is 23.0. The van der Waals surface area contributed by atoms with Gasteiger partial charge in [0.15, 0.2) is 11.0 Å². The molecule has 1 N–H and O–H groups in total. The van der Waals surface area contributed by atoms with E-state index in [2.05, 4.69) is 32.0 Å². The van der Waals surface area contributed by atoms with Gasteiger partial charge in [0.25, 0.3) is 0 Å². The van der Waals surface area contributed by atoms with E-state index < -0.39 is 0 Å². The van der Waals surface area contributed by atoms with Gasteiger partial charge in [-0.3, -0.25) is 14.3 Å². The third-order valence-electron chi connectivity index (χ3n) is 5.29. The summed E-state index contributed by atoms with van der Waals surface area (Å²) in [4.78, 5) is 16.6. The first kappa shape index (κ1) is 17.5. The quantitative estimate of drug-likeness (QED) is 0.787. The molecule has 0 aromatic carbocycles. The smallest absolute Gasteiger partial charge is 0.230 e. The third-order valence-corrected chi connectivity index (χ3v) is 6.23. The van der Waals surface area contributed by atoms with Crippen LogP contribution >= 0.6 is 11.8 Å². The molecule has 2 saturated carbocycles. The number of hydrogen-bond donors (Lipinski definition) is 1. The fraction of sp³-hybridized carbons (Fsp3) is 0.579. The summed E-state index contributed by atoms with van der Waals surface area (Å²) in [6, 6.07) is 4.68. The highest BCUT2D eigenvalue weighted by Gasteiger charge is 2.30. The van der Waals surface area contributed by atoms with Crippen molar-refractivity contribution < 1.29 is 4.79 Å². The van der Waals surface area contributed by atoms with E-state index in [0.717, 1.165) is 35.8 Å². The molecule has 2 heterocycles. The van der Waals surface area contributed by atoms with Crippen LogP contribution in [0.5, 0.6) is 0 Å². The molecule has 0 saturated heterocycles. The van der Waals surface area contributed by atoms with Gasteiger partial charge in [0.1, 0.15) is 0 Å². The maximum Gasteiger partial charge on any atom is 0.230 e. The average Bonchev–Trinajstić information content (AvgIpc) is 3.42. The standard InChI is InChI=1S/C19H25N5OS/c1-13-5-2-3-7-16(13)21-17(25)12-26-19-23-22-18(24(19)15-8-9-15)14-6-4-10-20-11-14/h4,6,10-11,13,15-16H,2-3,5,7-9,12H2,1H3,(H,21,25)/t13-,16-/m1/s1. The van der Waals surface area contributed by atoms with Crippen molar-refractivity contribution in [3.05, 3.63) is 24.5 Å². The number of carbonyl (C=O) groups is 1. The number of amides is 1. The number of hydrogen-bond acceptors (Lipinski definition) is 5. The summed E-state index contributed by atoms with van der Waals surface area (Å²) in [5, 5.41) is 12.8. The summed E-state index contributed by atoms with van der Waals surface area (Å²) in [6.07, 6.45) is 10.7. The van der Waals surface area contributed by atoms with Gasteiger partial charge < -0.3 is 5.32 Å². The number of nitrogens with one attached hydrogen (secondary N) is 1. The molecule has 2 atom stereocenters. The molecule has 7 heteroatoms. The lowest BCUT2D eigenvalue weighted by atomic mass is 9.86. The van der Waals surface area contributed by atoms with Crippen LogP contribution in [0.3, 0.4) is 0 Å². The summed E-state index contributed by atoms with van der Waals surface area (Å²) in [5.41, 5.74) is 0.972. The van der Waals surface area contributed by atoms with Crippen LogP contribution in [-0.2, 0) is 4.79 Å². The highest BCUT2D eigenvalue weighted by molar-refractivity contribution is 7.99. The molecule has 0 radical (unpaired) electrons. The van der Waals surface area contributed by atoms with Crippen molar-refractivity contribution in [1.29, 1.82) is 0 Å². The summed E-state index contributed by atoms with van der Waals surface area (Å²) >= 11 is 1.49. The maximum atomic E-state index is 12.4. The van der Waals surface area contributed by atoms with E-state index in [4.69, 9.17) is 0 Å². The molecule has 6 nitrogen and oxygen atoms in total. The number of carbonyl (C=O) groups excluding carboxylic acids is 1. The molecule has 2 aromatic rings. The van der Waals surface area contributed by atoms with Gasteiger partial charge in [-0.05, 0) is 43.7 Å². The molecule has 138 valence electrons. The van der Waals surface area contributed by atoms with E-state index in [1.165, 1.54) is 31.0 Å². The van der Waals surface area contributed by atoms with Crippen molar-refractivity contribution >= 4 is 17.7 Å². The Morgan fingerprint density at radius 3 is 2.85 bits per heavy atom. The zero-order valence-electron chi connectivity index (χ0n) is 15.1. The zero-order valence-corrected chi connectivity index (χ0v) is 15.9. The molecule has 26 heavy (non-hydrogen) atoms. The maximum absolute atomic E-state index is 12.4. The Hall–Kier alpha value is -1.89. The van der Waals surface area contributed by atoms with Crippen molar-refractivity contribution in [1.82, 2.24) is 25.1 Å². The van der Waals surface area contributed by atoms with Gasteiger partial charge >= 0.3 is 0 Å². The van der Waals surface area contributed by atoms with Crippen molar-refractivity contribution in [2.45, 2.75) is 62.7 Å². The lowest BCUT2D eigenvalue weighted by Crippen LogP contribution is -2.41. The number of rotatable bonds is 6. The van der Waals surface area contributed by atoms with E-state index in [1.54, 1.807) is 6.20 Å². The minimum absolute atomic E-state index is 0.0991. The minimum atomic E-state index is 0.0991. The van der Waals surface area contributed by atoms with Crippen molar-refractivity contribution in [2.24, 2.45) is 5.92 Å². The minimum Gasteiger partial charge on any atom is -0.352 e. The SMILES string of the molecule is C[C@@H]1CCCC[C@H]1NC(=O)CSc1nnc(-c2cccnc2)n1C1CC1. The van der Waals surface area contributed by atoms with Crippen molar-refractivity contribution in [3.8, 4) is 11.4 Å². The molecule has 1 amide bonds. The van der Waals surface area contributed by atoms with E-state index in [9.17, 15) is 4.79 Å². The molecule has 0 spiro atoms. The van der Waals surface area contributed by atoms with E-state index >= 15 is 0 Å². The number of nitrogens with zero attached hydrogens (tertiary/aromatic N) is 4. The van der Waals surface area contributed by atoms with Gasteiger partial charge in [-0.1, -0.05) is 31.5 Å². The van der Waals surface area contributed by atoms with E-state index in [1.807, 2.05) is 18.3 Å². The molecule has 2 aromatic heterocycles. The van der Waals surface area contributed by atoms with Crippen LogP contribution in [0.1, 0.15) is 51.5 Å². The second-order valence-corrected chi connectivity index (χ2v) is 8.32. The Kier molecular flexibility index (Phi) is 5.24. The van der Waals surface area contributed by atoms with Gasteiger partial charge in [0.05, 0.1) is 5.75 Å². The fourth-order valence-corrected chi connectivity index (χ4v) is 4.46. The highest BCUT2D eigenvalue weighted by Crippen LogP contribution is 2.40. The molecule has 2 fully saturated rings. The van der Waals surface area contributed by atoms with Crippen LogP contribution in [-0.4, -0.2) is 37.5 Å². The van der Waals surface area contributed by atoms with Gasteiger partial charge in [0.2, 0.25) is 5.91 Å². The molecular formula is C19H25N5OS. The summed E-state index contributed by atoms with van der Waals surface area (Å²) in [7, 11) is 0. The molecular weight excluding hydrogens is 346 g/mol. The van der Waals surface area contributed by atoms with Gasteiger partial charge in [0, 0.05) is 30.0 Å². The second kappa shape index (κ2) is 7.78. The van der Waals surface area contributed by atoms with Crippen LogP contribution in [0, 0.1) is 5.92 Å². The predicted octanol–water partition coefficient (Wildman–Crippen LogP) is 3.46. The third kappa shape index (κ3) is 3.92. The Balaban J connectivity index is 1.42. The monoisotopic (exact) mass is 371 g/mol. The molecule has 2 aliphatic carbocycles. The van der Waals surface area contributed by atoms with Crippen LogP contribution < -0.4 is 5.32 Å². The Morgan fingerprint density at radius 2 is 2.12 bits per heavy atom. The zero-order chi connectivity index (χ0) is 17.9. The van der Waals surface area contributed by atoms with Crippen LogP contribution in [0.25, 0.3) is 11.4 Å². The summed E-state index contributed by atoms with van der Waals surface area (Å²) in [6.45, 7) is 2.24. The first-order valence-corrected chi connectivity index (χ1v) is 10.5. The number of aromatic nitrogens is 4. The Labute approximate surface area is 158 Å². The van der Waals surface area contributed by atoms with Gasteiger partial charge in [-0.25, -0.2) is 0 Å². The average molecular weight is 372 g/mol. The largest absolute Gasteiger partial charge is 0.352 e. The molecule has 0 unspecified atom stereocenters. The van der Waals surface area contributed by atoms with Crippen LogP contribution in [0.15, 0.2) is 29.7 Å². The van der Waals surface area contributed by atoms with Crippen molar-refractivity contribution in [3.63, 3.8) is 0 Å². The van der Waals surface area contributed by atoms with Crippen LogP contribution in [0.2, 0.25) is 0 Å². The summed E-state index contributed by atoms with van der Waals surface area (Å²) in [5.74, 6) is 1.91. The van der Waals surface area contributed by atoms with Gasteiger partial charge in [-0.2, -0.15) is 0 Å². The Bertz CT molecular complexity index is 759. The Morgan fingerprint density at radius 1 is 1.27 bits per heavy atom. The molecule has 0 aliphatic heterocycles. The number of thioether (sulfide) groups is 1. The predicted molar refractivity (Wildman–Crippen MR) is 102 cm³/mol. The highest BCUT2D eigenvalue weighted by atomic mass is 32.2. The van der Waals surface area contributed by atoms with Crippen molar-refractivity contribution in [2.75, 3.05) is 5.75 Å². The van der Waals surface area contributed by atoms with Crippen LogP contribution in [0.4, 0.5) is 0 Å². The fourth-order valence-electron chi connectivity index (χ4n) is 3.64. The lowest BCUT2D eigenvalue weighted by Gasteiger charge is -2.29. The van der Waals surface area contributed by atoms with E-state index in [-0.39, 0.29) is 5.91 Å². The molecule has 0 bridgehead atoms. The molecule has 2 aliphatic rings. The second-order valence-electron chi connectivity index (χ2n) is 7.37. The first-order chi connectivity index (χ1) is 12.7. The number of pyridine rings is 1. The van der Waals surface area contributed by atoms with Gasteiger partial charge in [-0.15, -0.1) is 10.2 Å². The van der Waals surface area contributed by atoms with E-state index in [0.29, 0.717) is 23.8 Å². The lowest BCUT2D eigenvalue weighted by molar-refractivity contribution is -0.119. The first-order valence-electron chi connectivity index (χ1n) is 9.50. The molecule has 4 rings (SSSR count). The topological polar surface area (TPSA) is 72.7 Å².